The van der Waals surface area contributed by atoms with Gasteiger partial charge in [-0.25, -0.2) is 0 Å². The molecule has 0 bridgehead atoms. The third-order valence-electron chi connectivity index (χ3n) is 5.62. The maximum absolute atomic E-state index is 2.68. The van der Waals surface area contributed by atoms with E-state index in [1.165, 1.54) is 56.4 Å². The summed E-state index contributed by atoms with van der Waals surface area (Å²) in [6.45, 7) is 3.74. The van der Waals surface area contributed by atoms with Crippen molar-refractivity contribution in [3.05, 3.63) is 54.4 Å². The van der Waals surface area contributed by atoms with Gasteiger partial charge in [0.1, 0.15) is 0 Å². The van der Waals surface area contributed by atoms with Crippen molar-refractivity contribution in [3.63, 3.8) is 0 Å². The molecular weight excluding hydrogens is 268 g/mol. The molecule has 1 saturated heterocycles. The van der Waals surface area contributed by atoms with Crippen LogP contribution in [0.5, 0.6) is 0 Å². The van der Waals surface area contributed by atoms with Crippen LogP contribution < -0.4 is 0 Å². The fourth-order valence-electron chi connectivity index (χ4n) is 4.36. The van der Waals surface area contributed by atoms with Crippen molar-refractivity contribution in [2.75, 3.05) is 13.1 Å². The van der Waals surface area contributed by atoms with E-state index < -0.39 is 0 Å². The molecule has 4 rings (SSSR count). The Bertz CT molecular complexity index is 585. The number of likely N-dealkylation sites (tertiary alicyclic amines) is 1. The molecule has 1 aromatic heterocycles. The van der Waals surface area contributed by atoms with Crippen LogP contribution in [-0.4, -0.2) is 22.6 Å². The topological polar surface area (TPSA) is 8.17 Å². The van der Waals surface area contributed by atoms with Crippen LogP contribution >= 0.6 is 0 Å². The summed E-state index contributed by atoms with van der Waals surface area (Å²) < 4.78 is 2.16. The van der Waals surface area contributed by atoms with Crippen LogP contribution in [-0.2, 0) is 6.54 Å². The third kappa shape index (κ3) is 2.98. The van der Waals surface area contributed by atoms with Crippen molar-refractivity contribution < 1.29 is 0 Å². The van der Waals surface area contributed by atoms with Gasteiger partial charge in [0.15, 0.2) is 0 Å². The van der Waals surface area contributed by atoms with Gasteiger partial charge < -0.3 is 4.57 Å². The summed E-state index contributed by atoms with van der Waals surface area (Å²) >= 11 is 0. The average molecular weight is 294 g/mol. The molecule has 2 heterocycles. The van der Waals surface area contributed by atoms with Crippen molar-refractivity contribution in [1.82, 2.24) is 9.47 Å². The molecular formula is C20H26N2. The summed E-state index contributed by atoms with van der Waals surface area (Å²) in [5, 5.41) is 0. The first kappa shape index (κ1) is 14.1. The zero-order chi connectivity index (χ0) is 14.8. The molecule has 0 amide bonds. The number of fused-ring (bicyclic) bond motifs is 1. The Labute approximate surface area is 133 Å². The first-order chi connectivity index (χ1) is 10.9. The highest BCUT2D eigenvalue weighted by molar-refractivity contribution is 5.35. The lowest BCUT2D eigenvalue weighted by Crippen LogP contribution is -2.41. The molecule has 1 aliphatic carbocycles. The Morgan fingerprint density at radius 3 is 2.36 bits per heavy atom. The fourth-order valence-corrected chi connectivity index (χ4v) is 4.36. The van der Waals surface area contributed by atoms with Gasteiger partial charge in [-0.05, 0) is 61.1 Å². The van der Waals surface area contributed by atoms with Gasteiger partial charge in [-0.15, -0.1) is 0 Å². The number of piperidine rings is 1. The SMILES string of the molecule is c1ccn(-c2ccc(CN3CCC4CCCCC4C3)cc2)c1. The minimum atomic E-state index is 0.974. The average Bonchev–Trinajstić information content (AvgIpc) is 3.10. The van der Waals surface area contributed by atoms with E-state index in [1.54, 1.807) is 0 Å². The molecule has 1 aliphatic heterocycles. The van der Waals surface area contributed by atoms with Gasteiger partial charge in [0, 0.05) is 31.2 Å². The summed E-state index contributed by atoms with van der Waals surface area (Å²) in [5.41, 5.74) is 2.70. The van der Waals surface area contributed by atoms with Crippen LogP contribution in [0.3, 0.4) is 0 Å². The van der Waals surface area contributed by atoms with Crippen LogP contribution in [0.2, 0.25) is 0 Å². The predicted octanol–water partition coefficient (Wildman–Crippen LogP) is 4.49. The molecule has 1 aromatic carbocycles. The molecule has 116 valence electrons. The quantitative estimate of drug-likeness (QED) is 0.809. The van der Waals surface area contributed by atoms with E-state index in [0.717, 1.165) is 18.4 Å². The first-order valence-electron chi connectivity index (χ1n) is 8.83. The zero-order valence-corrected chi connectivity index (χ0v) is 13.3. The number of benzene rings is 1. The molecule has 0 N–H and O–H groups in total. The number of hydrogen-bond acceptors (Lipinski definition) is 1. The van der Waals surface area contributed by atoms with E-state index in [4.69, 9.17) is 0 Å². The number of rotatable bonds is 3. The van der Waals surface area contributed by atoms with Gasteiger partial charge in [0.2, 0.25) is 0 Å². The Morgan fingerprint density at radius 1 is 0.864 bits per heavy atom. The molecule has 2 atom stereocenters. The maximum atomic E-state index is 2.68. The van der Waals surface area contributed by atoms with Crippen molar-refractivity contribution in [2.24, 2.45) is 11.8 Å². The summed E-state index contributed by atoms with van der Waals surface area (Å²) in [4.78, 5) is 2.68. The lowest BCUT2D eigenvalue weighted by Gasteiger charge is -2.41. The first-order valence-corrected chi connectivity index (χ1v) is 8.83. The van der Waals surface area contributed by atoms with Gasteiger partial charge >= 0.3 is 0 Å². The van der Waals surface area contributed by atoms with Gasteiger partial charge in [-0.3, -0.25) is 4.90 Å². The number of nitrogens with zero attached hydrogens (tertiary/aromatic N) is 2. The highest BCUT2D eigenvalue weighted by Crippen LogP contribution is 2.36. The smallest absolute Gasteiger partial charge is 0.0449 e. The van der Waals surface area contributed by atoms with Crippen molar-refractivity contribution >= 4 is 0 Å². The maximum Gasteiger partial charge on any atom is 0.0449 e. The molecule has 2 unspecified atom stereocenters. The van der Waals surface area contributed by atoms with Crippen LogP contribution in [0.1, 0.15) is 37.7 Å². The lowest BCUT2D eigenvalue weighted by molar-refractivity contribution is 0.0820. The second-order valence-electron chi connectivity index (χ2n) is 7.09. The molecule has 2 aliphatic rings. The van der Waals surface area contributed by atoms with E-state index in [9.17, 15) is 0 Å². The Balaban J connectivity index is 1.39. The van der Waals surface area contributed by atoms with E-state index in [1.807, 2.05) is 0 Å². The minimum absolute atomic E-state index is 0.974. The minimum Gasteiger partial charge on any atom is -0.324 e. The lowest BCUT2D eigenvalue weighted by atomic mass is 9.75. The molecule has 22 heavy (non-hydrogen) atoms. The fraction of sp³-hybridized carbons (Fsp3) is 0.500. The van der Waals surface area contributed by atoms with E-state index in [0.29, 0.717) is 0 Å². The highest BCUT2D eigenvalue weighted by atomic mass is 15.1. The Hall–Kier alpha value is -1.54. The third-order valence-corrected chi connectivity index (χ3v) is 5.62. The van der Waals surface area contributed by atoms with Crippen LogP contribution in [0.15, 0.2) is 48.8 Å². The van der Waals surface area contributed by atoms with Gasteiger partial charge in [-0.2, -0.15) is 0 Å². The molecule has 2 nitrogen and oxygen atoms in total. The monoisotopic (exact) mass is 294 g/mol. The van der Waals surface area contributed by atoms with Gasteiger partial charge in [-0.1, -0.05) is 31.4 Å². The molecule has 2 fully saturated rings. The number of hydrogen-bond donors (Lipinski definition) is 0. The summed E-state index contributed by atoms with van der Waals surface area (Å²) in [6, 6.07) is 13.2. The number of aromatic nitrogens is 1. The zero-order valence-electron chi connectivity index (χ0n) is 13.3. The van der Waals surface area contributed by atoms with E-state index in [-0.39, 0.29) is 0 Å². The molecule has 0 radical (unpaired) electrons. The Morgan fingerprint density at radius 2 is 1.59 bits per heavy atom. The highest BCUT2D eigenvalue weighted by Gasteiger charge is 2.30. The molecule has 0 spiro atoms. The van der Waals surface area contributed by atoms with Crippen molar-refractivity contribution in [1.29, 1.82) is 0 Å². The van der Waals surface area contributed by atoms with Crippen LogP contribution in [0.25, 0.3) is 5.69 Å². The summed E-state index contributed by atoms with van der Waals surface area (Å²) in [7, 11) is 0. The summed E-state index contributed by atoms with van der Waals surface area (Å²) in [5.74, 6) is 2.00. The van der Waals surface area contributed by atoms with Crippen LogP contribution in [0.4, 0.5) is 0 Å². The summed E-state index contributed by atoms with van der Waals surface area (Å²) in [6.07, 6.45) is 11.5. The van der Waals surface area contributed by atoms with Gasteiger partial charge in [0.25, 0.3) is 0 Å². The predicted molar refractivity (Wildman–Crippen MR) is 91.1 cm³/mol. The molecule has 2 aromatic rings. The standard InChI is InChI=1S/C20H26N2/c1-2-6-19-16-21(14-11-18(19)5-1)15-17-7-9-20(10-8-17)22-12-3-4-13-22/h3-4,7-10,12-13,18-19H,1-2,5-6,11,14-16H2. The van der Waals surface area contributed by atoms with Gasteiger partial charge in [0.05, 0.1) is 0 Å². The van der Waals surface area contributed by atoms with Crippen molar-refractivity contribution in [2.45, 2.75) is 38.6 Å². The second-order valence-corrected chi connectivity index (χ2v) is 7.09. The van der Waals surface area contributed by atoms with E-state index in [2.05, 4.69) is 58.3 Å². The molecule has 2 heteroatoms. The van der Waals surface area contributed by atoms with Crippen LogP contribution in [0, 0.1) is 11.8 Å². The normalized spacial score (nSPS) is 25.8. The second kappa shape index (κ2) is 6.29. The molecule has 1 saturated carbocycles. The Kier molecular flexibility index (Phi) is 4.03. The largest absolute Gasteiger partial charge is 0.324 e. The van der Waals surface area contributed by atoms with E-state index >= 15 is 0 Å². The van der Waals surface area contributed by atoms with Crippen molar-refractivity contribution in [3.8, 4) is 5.69 Å².